The molecule has 184 valence electrons. The highest BCUT2D eigenvalue weighted by Crippen LogP contribution is 2.35. The quantitative estimate of drug-likeness (QED) is 0.238. The van der Waals surface area contributed by atoms with E-state index in [1.165, 1.54) is 0 Å². The summed E-state index contributed by atoms with van der Waals surface area (Å²) in [4.78, 5) is 9.03. The van der Waals surface area contributed by atoms with Gasteiger partial charge in [0, 0.05) is 22.9 Å². The van der Waals surface area contributed by atoms with Crippen molar-refractivity contribution >= 4 is 35.7 Å². The number of fused-ring (bicyclic) bond motifs is 2. The molecule has 11 nitrogen and oxygen atoms in total. The molecule has 6 rings (SSSR count). The fourth-order valence-electron chi connectivity index (χ4n) is 3.71. The summed E-state index contributed by atoms with van der Waals surface area (Å²) < 4.78 is 21.9. The summed E-state index contributed by atoms with van der Waals surface area (Å²) in [5, 5.41) is 11.8. The second-order valence-electron chi connectivity index (χ2n) is 7.86. The summed E-state index contributed by atoms with van der Waals surface area (Å²) >= 11 is 0. The van der Waals surface area contributed by atoms with E-state index in [1.807, 2.05) is 66.7 Å². The van der Waals surface area contributed by atoms with Gasteiger partial charge in [-0.2, -0.15) is 20.2 Å². The molecule has 0 spiro atoms. The molecule has 0 atom stereocenters. The van der Waals surface area contributed by atoms with Crippen molar-refractivity contribution < 1.29 is 18.9 Å². The van der Waals surface area contributed by atoms with Crippen molar-refractivity contribution in [1.29, 1.82) is 0 Å². The lowest BCUT2D eigenvalue weighted by molar-refractivity contribution is 0.173. The number of nitrogens with zero attached hydrogens (tertiary/aromatic N) is 4. The molecule has 1 aromatic heterocycles. The number of nitrogens with one attached hydrogen (secondary N) is 3. The Balaban J connectivity index is 1.22. The third kappa shape index (κ3) is 5.05. The van der Waals surface area contributed by atoms with E-state index in [0.717, 1.165) is 16.8 Å². The predicted molar refractivity (Wildman–Crippen MR) is 139 cm³/mol. The van der Waals surface area contributed by atoms with Gasteiger partial charge in [0.25, 0.3) is 0 Å². The van der Waals surface area contributed by atoms with Gasteiger partial charge < -0.3 is 24.3 Å². The molecular formula is C26H21N7O4. The summed E-state index contributed by atoms with van der Waals surface area (Å²) in [6.45, 7) is 0.378. The number of para-hydroxylation sites is 3. The number of aromatic nitrogens is 2. The van der Waals surface area contributed by atoms with Crippen molar-refractivity contribution in [3.8, 4) is 23.0 Å². The molecule has 3 heterocycles. The van der Waals surface area contributed by atoms with Gasteiger partial charge in [-0.1, -0.05) is 30.3 Å². The molecule has 3 aromatic carbocycles. The summed E-state index contributed by atoms with van der Waals surface area (Å²) in [6, 6.07) is 22.5. The van der Waals surface area contributed by atoms with Crippen LogP contribution in [0.5, 0.6) is 23.0 Å². The van der Waals surface area contributed by atoms with E-state index in [4.69, 9.17) is 18.9 Å². The Morgan fingerprint density at radius 3 is 1.78 bits per heavy atom. The first-order valence-electron chi connectivity index (χ1n) is 11.4. The van der Waals surface area contributed by atoms with Gasteiger partial charge in [0.15, 0.2) is 34.6 Å². The van der Waals surface area contributed by atoms with E-state index < -0.39 is 0 Å². The highest BCUT2D eigenvalue weighted by atomic mass is 16.7. The predicted octanol–water partition coefficient (Wildman–Crippen LogP) is 4.57. The maximum atomic E-state index is 5.53. The Morgan fingerprint density at radius 2 is 1.22 bits per heavy atom. The zero-order valence-electron chi connectivity index (χ0n) is 19.4. The molecular weight excluding hydrogens is 474 g/mol. The number of hydrazone groups is 2. The summed E-state index contributed by atoms with van der Waals surface area (Å²) in [6.07, 6.45) is 3.28. The Morgan fingerprint density at radius 1 is 0.649 bits per heavy atom. The van der Waals surface area contributed by atoms with E-state index in [2.05, 4.69) is 36.3 Å². The first kappa shape index (κ1) is 22.2. The van der Waals surface area contributed by atoms with Crippen LogP contribution in [0.15, 0.2) is 83.0 Å². The molecule has 0 amide bonds. The lowest BCUT2D eigenvalue weighted by atomic mass is 10.2. The summed E-state index contributed by atoms with van der Waals surface area (Å²) in [5.74, 6) is 3.94. The van der Waals surface area contributed by atoms with Gasteiger partial charge in [-0.05, 0) is 36.4 Å². The lowest BCUT2D eigenvalue weighted by Crippen LogP contribution is -2.04. The number of ether oxygens (including phenoxy) is 4. The molecule has 0 saturated heterocycles. The van der Waals surface area contributed by atoms with E-state index in [1.54, 1.807) is 18.5 Å². The highest BCUT2D eigenvalue weighted by Gasteiger charge is 2.17. The molecule has 0 fully saturated rings. The molecule has 2 aliphatic heterocycles. The number of benzene rings is 3. The van der Waals surface area contributed by atoms with Gasteiger partial charge in [-0.3, -0.25) is 10.9 Å². The SMILES string of the molecule is C(=NNc1cc(NN=Cc2cccc3c2OCO3)nc(Nc2ccccc2)n1)c1cccc2c1OCO2. The minimum absolute atomic E-state index is 0.189. The van der Waals surface area contributed by atoms with Gasteiger partial charge in [-0.15, -0.1) is 0 Å². The van der Waals surface area contributed by atoms with Crippen LogP contribution in [0.4, 0.5) is 23.3 Å². The molecule has 0 bridgehead atoms. The minimum atomic E-state index is 0.189. The zero-order chi connectivity index (χ0) is 24.9. The van der Waals surface area contributed by atoms with Gasteiger partial charge in [-0.25, -0.2) is 0 Å². The lowest BCUT2D eigenvalue weighted by Gasteiger charge is -2.09. The largest absolute Gasteiger partial charge is 0.454 e. The van der Waals surface area contributed by atoms with Crippen LogP contribution < -0.4 is 35.1 Å². The fourth-order valence-corrected chi connectivity index (χ4v) is 3.71. The maximum Gasteiger partial charge on any atom is 0.231 e. The second-order valence-corrected chi connectivity index (χ2v) is 7.86. The number of hydrogen-bond donors (Lipinski definition) is 3. The zero-order valence-corrected chi connectivity index (χ0v) is 19.4. The maximum absolute atomic E-state index is 5.53. The van der Waals surface area contributed by atoms with Gasteiger partial charge in [0.05, 0.1) is 12.4 Å². The Bertz CT molecular complexity index is 1390. The molecule has 37 heavy (non-hydrogen) atoms. The van der Waals surface area contributed by atoms with E-state index in [-0.39, 0.29) is 13.6 Å². The first-order chi connectivity index (χ1) is 18.3. The smallest absolute Gasteiger partial charge is 0.231 e. The molecule has 0 radical (unpaired) electrons. The van der Waals surface area contributed by atoms with E-state index in [9.17, 15) is 0 Å². The van der Waals surface area contributed by atoms with E-state index >= 15 is 0 Å². The minimum Gasteiger partial charge on any atom is -0.454 e. The molecule has 0 aliphatic carbocycles. The Labute approximate surface area is 211 Å². The standard InChI is InChI=1S/C26H21N7O4/c1-2-8-19(9-3-1)29-26-30-22(32-27-13-17-6-4-10-20-24(17)36-15-34-20)12-23(31-26)33-28-14-18-7-5-11-21-25(18)37-16-35-21/h1-14H,15-16H2,(H3,29,30,31,32,33). The molecule has 2 aliphatic rings. The first-order valence-corrected chi connectivity index (χ1v) is 11.4. The van der Waals surface area contributed by atoms with Crippen molar-refractivity contribution in [3.05, 3.63) is 83.9 Å². The molecule has 0 saturated carbocycles. The molecule has 11 heteroatoms. The summed E-state index contributed by atoms with van der Waals surface area (Å²) in [7, 11) is 0. The van der Waals surface area contributed by atoms with Crippen LogP contribution in [-0.2, 0) is 0 Å². The van der Waals surface area contributed by atoms with E-state index in [0.29, 0.717) is 40.6 Å². The van der Waals surface area contributed by atoms with Crippen molar-refractivity contribution in [3.63, 3.8) is 0 Å². The van der Waals surface area contributed by atoms with Crippen molar-refractivity contribution in [2.24, 2.45) is 10.2 Å². The molecule has 4 aromatic rings. The third-order valence-electron chi connectivity index (χ3n) is 5.38. The van der Waals surface area contributed by atoms with Crippen LogP contribution in [0.2, 0.25) is 0 Å². The topological polar surface area (TPSA) is 124 Å². The highest BCUT2D eigenvalue weighted by molar-refractivity contribution is 5.86. The number of hydrogen-bond acceptors (Lipinski definition) is 11. The third-order valence-corrected chi connectivity index (χ3v) is 5.38. The molecule has 0 unspecified atom stereocenters. The van der Waals surface area contributed by atoms with Crippen LogP contribution in [-0.4, -0.2) is 36.0 Å². The second kappa shape index (κ2) is 10.1. The normalized spacial score (nSPS) is 13.3. The van der Waals surface area contributed by atoms with Gasteiger partial charge >= 0.3 is 0 Å². The fraction of sp³-hybridized carbons (Fsp3) is 0.0769. The average Bonchev–Trinajstić information content (AvgIpc) is 3.60. The van der Waals surface area contributed by atoms with Crippen LogP contribution in [0.1, 0.15) is 11.1 Å². The van der Waals surface area contributed by atoms with Crippen LogP contribution in [0.25, 0.3) is 0 Å². The number of anilines is 4. The van der Waals surface area contributed by atoms with Gasteiger partial charge in [0.1, 0.15) is 0 Å². The van der Waals surface area contributed by atoms with Gasteiger partial charge in [0.2, 0.25) is 19.5 Å². The molecule has 3 N–H and O–H groups in total. The van der Waals surface area contributed by atoms with Crippen LogP contribution in [0.3, 0.4) is 0 Å². The number of rotatable bonds is 8. The Hall–Kier alpha value is -5.32. The Kier molecular flexibility index (Phi) is 6.06. The monoisotopic (exact) mass is 495 g/mol. The van der Waals surface area contributed by atoms with Crippen molar-refractivity contribution in [2.45, 2.75) is 0 Å². The van der Waals surface area contributed by atoms with Crippen LogP contribution in [0, 0.1) is 0 Å². The summed E-state index contributed by atoms with van der Waals surface area (Å²) in [5.41, 5.74) is 8.30. The van der Waals surface area contributed by atoms with Crippen molar-refractivity contribution in [2.75, 3.05) is 29.8 Å². The van der Waals surface area contributed by atoms with Crippen LogP contribution >= 0.6 is 0 Å². The van der Waals surface area contributed by atoms with Crippen molar-refractivity contribution in [1.82, 2.24) is 9.97 Å². The average molecular weight is 495 g/mol.